The molecule has 7 heteroatoms. The summed E-state index contributed by atoms with van der Waals surface area (Å²) in [4.78, 5) is 16.1. The van der Waals surface area contributed by atoms with Gasteiger partial charge in [-0.05, 0) is 55.0 Å². The molecule has 0 aliphatic carbocycles. The minimum Gasteiger partial charge on any atom is -0.332 e. The summed E-state index contributed by atoms with van der Waals surface area (Å²) in [6.07, 6.45) is 1.85. The van der Waals surface area contributed by atoms with Crippen molar-refractivity contribution in [3.63, 3.8) is 0 Å². The van der Waals surface area contributed by atoms with Crippen molar-refractivity contribution in [3.8, 4) is 0 Å². The smallest absolute Gasteiger partial charge is 0.254 e. The fourth-order valence-corrected chi connectivity index (χ4v) is 5.56. The van der Waals surface area contributed by atoms with Gasteiger partial charge in [0.2, 0.25) is 10.0 Å². The van der Waals surface area contributed by atoms with E-state index in [0.717, 1.165) is 23.3 Å². The number of nitrogens with zero attached hydrogens (tertiary/aromatic N) is 1. The van der Waals surface area contributed by atoms with Crippen LogP contribution in [0.2, 0.25) is 0 Å². The number of amides is 1. The fourth-order valence-electron chi connectivity index (χ4n) is 3.77. The second kappa shape index (κ2) is 8.71. The molecule has 0 radical (unpaired) electrons. The predicted octanol–water partition coefficient (Wildman–Crippen LogP) is 4.51. The average Bonchev–Trinajstić information content (AvgIpc) is 3.45. The van der Waals surface area contributed by atoms with Crippen LogP contribution in [0.15, 0.2) is 70.9 Å². The number of sulfonamides is 1. The molecule has 1 fully saturated rings. The molecule has 1 N–H and O–H groups in total. The molecule has 1 aliphatic rings. The fraction of sp³-hybridized carbons (Fsp3) is 0.261. The van der Waals surface area contributed by atoms with Gasteiger partial charge in [0.15, 0.2) is 0 Å². The lowest BCUT2D eigenvalue weighted by Gasteiger charge is -2.25. The molecule has 30 heavy (non-hydrogen) atoms. The van der Waals surface area contributed by atoms with E-state index in [1.807, 2.05) is 29.3 Å². The molecule has 1 atom stereocenters. The highest BCUT2D eigenvalue weighted by atomic mass is 32.2. The second-order valence-corrected chi connectivity index (χ2v) is 10.3. The van der Waals surface area contributed by atoms with Gasteiger partial charge in [-0.25, -0.2) is 13.1 Å². The lowest BCUT2D eigenvalue weighted by Crippen LogP contribution is -2.31. The minimum absolute atomic E-state index is 0.0234. The van der Waals surface area contributed by atoms with Crippen molar-refractivity contribution >= 4 is 27.3 Å². The first-order chi connectivity index (χ1) is 14.4. The van der Waals surface area contributed by atoms with Gasteiger partial charge < -0.3 is 4.90 Å². The Morgan fingerprint density at radius 2 is 1.93 bits per heavy atom. The molecule has 0 bridgehead atoms. The topological polar surface area (TPSA) is 66.5 Å². The Bertz CT molecular complexity index is 1120. The quantitative estimate of drug-likeness (QED) is 0.613. The first-order valence-electron chi connectivity index (χ1n) is 9.94. The van der Waals surface area contributed by atoms with Gasteiger partial charge in [-0.1, -0.05) is 42.0 Å². The number of hydrogen-bond acceptors (Lipinski definition) is 4. The van der Waals surface area contributed by atoms with Gasteiger partial charge in [0, 0.05) is 23.5 Å². The summed E-state index contributed by atoms with van der Waals surface area (Å²) in [5, 5.41) is 1.91. The highest BCUT2D eigenvalue weighted by Gasteiger charge is 2.31. The Kier molecular flexibility index (Phi) is 6.04. The van der Waals surface area contributed by atoms with Crippen LogP contribution in [-0.2, 0) is 16.6 Å². The number of likely N-dealkylation sites (tertiary alicyclic amines) is 1. The van der Waals surface area contributed by atoms with Crippen LogP contribution in [0.1, 0.15) is 45.2 Å². The number of aryl methyl sites for hydroxylation is 1. The van der Waals surface area contributed by atoms with E-state index in [2.05, 4.69) is 29.0 Å². The number of benzene rings is 2. The molecular formula is C23H24N2O3S2. The van der Waals surface area contributed by atoms with Crippen LogP contribution in [0.5, 0.6) is 0 Å². The summed E-state index contributed by atoms with van der Waals surface area (Å²) in [6.45, 7) is 2.95. The Labute approximate surface area is 181 Å². The van der Waals surface area contributed by atoms with E-state index in [0.29, 0.717) is 12.1 Å². The van der Waals surface area contributed by atoms with Crippen molar-refractivity contribution in [3.05, 3.63) is 87.6 Å². The summed E-state index contributed by atoms with van der Waals surface area (Å²) in [7, 11) is -3.70. The molecular weight excluding hydrogens is 416 g/mol. The van der Waals surface area contributed by atoms with Crippen molar-refractivity contribution in [1.82, 2.24) is 9.62 Å². The van der Waals surface area contributed by atoms with E-state index >= 15 is 0 Å². The number of hydrogen-bond donors (Lipinski definition) is 1. The molecule has 156 valence electrons. The van der Waals surface area contributed by atoms with E-state index in [4.69, 9.17) is 0 Å². The zero-order valence-corrected chi connectivity index (χ0v) is 18.4. The van der Waals surface area contributed by atoms with Gasteiger partial charge >= 0.3 is 0 Å². The predicted molar refractivity (Wildman–Crippen MR) is 119 cm³/mol. The third-order valence-corrected chi connectivity index (χ3v) is 7.66. The Balaban J connectivity index is 1.54. The van der Waals surface area contributed by atoms with Crippen LogP contribution in [0.4, 0.5) is 0 Å². The van der Waals surface area contributed by atoms with Crippen molar-refractivity contribution in [2.75, 3.05) is 6.54 Å². The summed E-state index contributed by atoms with van der Waals surface area (Å²) in [5.74, 6) is -0.131. The number of nitrogens with one attached hydrogen (secondary N) is 1. The van der Waals surface area contributed by atoms with Gasteiger partial charge in [0.05, 0.1) is 10.9 Å². The first-order valence-corrected chi connectivity index (χ1v) is 12.3. The summed E-state index contributed by atoms with van der Waals surface area (Å²) in [6, 6.07) is 18.4. The largest absolute Gasteiger partial charge is 0.332 e. The number of rotatable bonds is 6. The van der Waals surface area contributed by atoms with E-state index in [1.165, 1.54) is 29.0 Å². The third kappa shape index (κ3) is 4.48. The van der Waals surface area contributed by atoms with Crippen molar-refractivity contribution in [1.29, 1.82) is 0 Å². The molecule has 2 heterocycles. The van der Waals surface area contributed by atoms with Gasteiger partial charge in [0.25, 0.3) is 5.91 Å². The Hall–Kier alpha value is -2.48. The van der Waals surface area contributed by atoms with E-state index in [-0.39, 0.29) is 23.4 Å². The van der Waals surface area contributed by atoms with Crippen LogP contribution in [0, 0.1) is 6.92 Å². The van der Waals surface area contributed by atoms with Crippen LogP contribution in [0.25, 0.3) is 0 Å². The van der Waals surface area contributed by atoms with Gasteiger partial charge in [-0.15, -0.1) is 11.3 Å². The maximum absolute atomic E-state index is 13.2. The lowest BCUT2D eigenvalue weighted by atomic mass is 10.0. The number of carbonyl (C=O) groups excluding carboxylic acids is 1. The molecule has 1 aromatic heterocycles. The SMILES string of the molecule is Cc1ccc(C2CCCN2C(=O)c2cccc(S(=O)(=O)NCc3cccs3)c2)cc1. The monoisotopic (exact) mass is 440 g/mol. The maximum atomic E-state index is 13.2. The molecule has 1 saturated heterocycles. The van der Waals surface area contributed by atoms with Gasteiger partial charge in [-0.3, -0.25) is 4.79 Å². The van der Waals surface area contributed by atoms with E-state index in [1.54, 1.807) is 12.1 Å². The summed E-state index contributed by atoms with van der Waals surface area (Å²) in [5.41, 5.74) is 2.70. The van der Waals surface area contributed by atoms with E-state index in [9.17, 15) is 13.2 Å². The van der Waals surface area contributed by atoms with Crippen LogP contribution < -0.4 is 4.72 Å². The van der Waals surface area contributed by atoms with Crippen LogP contribution in [-0.4, -0.2) is 25.8 Å². The molecule has 5 nitrogen and oxygen atoms in total. The summed E-state index contributed by atoms with van der Waals surface area (Å²) >= 11 is 1.49. The van der Waals surface area contributed by atoms with E-state index < -0.39 is 10.0 Å². The minimum atomic E-state index is -3.70. The summed E-state index contributed by atoms with van der Waals surface area (Å²) < 4.78 is 28.0. The van der Waals surface area contributed by atoms with Crippen LogP contribution >= 0.6 is 11.3 Å². The highest BCUT2D eigenvalue weighted by molar-refractivity contribution is 7.89. The van der Waals surface area contributed by atoms with Gasteiger partial charge in [-0.2, -0.15) is 0 Å². The molecule has 3 aromatic rings. The second-order valence-electron chi connectivity index (χ2n) is 7.50. The van der Waals surface area contributed by atoms with Crippen molar-refractivity contribution in [2.45, 2.75) is 37.2 Å². The van der Waals surface area contributed by atoms with Crippen molar-refractivity contribution < 1.29 is 13.2 Å². The zero-order chi connectivity index (χ0) is 21.1. The molecule has 0 saturated carbocycles. The molecule has 1 aliphatic heterocycles. The average molecular weight is 441 g/mol. The number of carbonyl (C=O) groups is 1. The van der Waals surface area contributed by atoms with Crippen LogP contribution in [0.3, 0.4) is 0 Å². The molecule has 1 amide bonds. The Morgan fingerprint density at radius 3 is 2.67 bits per heavy atom. The van der Waals surface area contributed by atoms with Crippen molar-refractivity contribution in [2.24, 2.45) is 0 Å². The zero-order valence-electron chi connectivity index (χ0n) is 16.7. The Morgan fingerprint density at radius 1 is 1.13 bits per heavy atom. The molecule has 0 spiro atoms. The standard InChI is InChI=1S/C23H24N2O3S2/c1-17-9-11-18(12-10-17)22-8-3-13-25(22)23(26)19-5-2-7-21(15-19)30(27,28)24-16-20-6-4-14-29-20/h2,4-7,9-12,14-15,22,24H,3,8,13,16H2,1H3. The molecule has 1 unspecified atom stereocenters. The number of thiophene rings is 1. The third-order valence-electron chi connectivity index (χ3n) is 5.38. The molecule has 2 aromatic carbocycles. The lowest BCUT2D eigenvalue weighted by molar-refractivity contribution is 0.0735. The maximum Gasteiger partial charge on any atom is 0.254 e. The molecule has 4 rings (SSSR count). The normalized spacial score (nSPS) is 16.7. The highest BCUT2D eigenvalue weighted by Crippen LogP contribution is 2.33. The first kappa shape index (κ1) is 20.8. The van der Waals surface area contributed by atoms with Gasteiger partial charge in [0.1, 0.15) is 0 Å².